The van der Waals surface area contributed by atoms with Crippen molar-refractivity contribution in [3.05, 3.63) is 88.9 Å². The summed E-state index contributed by atoms with van der Waals surface area (Å²) in [5, 5.41) is 12.1. The lowest BCUT2D eigenvalue weighted by molar-refractivity contribution is -0.534. The zero-order valence-corrected chi connectivity index (χ0v) is 18.6. The number of amidine groups is 1. The highest BCUT2D eigenvalue weighted by atomic mass is 79.9. The molecule has 3 aromatic carbocycles. The van der Waals surface area contributed by atoms with Crippen molar-refractivity contribution in [2.24, 2.45) is 0 Å². The molecule has 1 N–H and O–H groups in total. The maximum atomic E-state index is 12.1. The van der Waals surface area contributed by atoms with Crippen LogP contribution in [0.25, 0.3) is 11.1 Å². The highest BCUT2D eigenvalue weighted by molar-refractivity contribution is 9.10. The van der Waals surface area contributed by atoms with Gasteiger partial charge in [0.15, 0.2) is 6.54 Å². The molecule has 30 heavy (non-hydrogen) atoms. The Morgan fingerprint density at radius 1 is 0.800 bits per heavy atom. The lowest BCUT2D eigenvalue weighted by atomic mass is 9.96. The summed E-state index contributed by atoms with van der Waals surface area (Å²) in [5.41, 5.74) is 3.25. The van der Waals surface area contributed by atoms with Crippen LogP contribution in [0.15, 0.2) is 83.3 Å². The molecule has 3 nitrogen and oxygen atoms in total. The number of nitrogens with zero attached hydrogens (tertiary/aromatic N) is 2. The molecule has 0 fully saturated rings. The van der Waals surface area contributed by atoms with Crippen LogP contribution in [0.1, 0.15) is 31.2 Å². The summed E-state index contributed by atoms with van der Waals surface area (Å²) in [5.74, 6) is 1.24. The first-order valence-electron chi connectivity index (χ1n) is 10.7. The Balaban J connectivity index is 1.56. The third kappa shape index (κ3) is 3.48. The number of anilines is 1. The number of hydrogen-bond acceptors (Lipinski definition) is 2. The van der Waals surface area contributed by atoms with E-state index in [4.69, 9.17) is 0 Å². The van der Waals surface area contributed by atoms with Gasteiger partial charge in [-0.1, -0.05) is 70.5 Å². The van der Waals surface area contributed by atoms with Crippen molar-refractivity contribution in [2.75, 3.05) is 18.0 Å². The normalized spacial score (nSPS) is 21.5. The summed E-state index contributed by atoms with van der Waals surface area (Å²) < 4.78 is 3.43. The zero-order valence-electron chi connectivity index (χ0n) is 17.0. The largest absolute Gasteiger partial charge is 0.346 e. The van der Waals surface area contributed by atoms with Crippen LogP contribution in [0, 0.1) is 0 Å². The standard InChI is InChI=1S/C26H26BrN2O/c27-23-14-16-24(17-15-23)29-25-9-5-2-6-18-28(25)19-26(29,30)22-12-10-21(11-13-22)20-7-3-1-4-8-20/h1,3-4,7-8,10-17,30H,2,5-6,9,18-19H2/q+1/t26-/m1/s1. The van der Waals surface area contributed by atoms with Gasteiger partial charge in [0.1, 0.15) is 5.69 Å². The van der Waals surface area contributed by atoms with Gasteiger partial charge in [0.2, 0.25) is 0 Å². The van der Waals surface area contributed by atoms with Crippen molar-refractivity contribution in [1.82, 2.24) is 0 Å². The summed E-state index contributed by atoms with van der Waals surface area (Å²) in [6.45, 7) is 1.61. The predicted molar refractivity (Wildman–Crippen MR) is 126 cm³/mol. The Bertz CT molecular complexity index is 1060. The van der Waals surface area contributed by atoms with Gasteiger partial charge in [0, 0.05) is 16.5 Å². The Morgan fingerprint density at radius 3 is 2.23 bits per heavy atom. The van der Waals surface area contributed by atoms with E-state index in [-0.39, 0.29) is 0 Å². The van der Waals surface area contributed by atoms with Gasteiger partial charge in [-0.2, -0.15) is 4.90 Å². The second-order valence-corrected chi connectivity index (χ2v) is 9.14. The smallest absolute Gasteiger partial charge is 0.275 e. The SMILES string of the molecule is O[C@@]1(c2ccc(-c3ccccc3)cc2)C[N+]2=C(CCCCC2)N1c1ccc(Br)cc1. The topological polar surface area (TPSA) is 26.5 Å². The highest BCUT2D eigenvalue weighted by Gasteiger charge is 2.53. The molecule has 2 heterocycles. The van der Waals surface area contributed by atoms with E-state index >= 15 is 0 Å². The minimum absolute atomic E-state index is 0.600. The van der Waals surface area contributed by atoms with E-state index < -0.39 is 5.72 Å². The van der Waals surface area contributed by atoms with Crippen molar-refractivity contribution >= 4 is 27.5 Å². The predicted octanol–water partition coefficient (Wildman–Crippen LogP) is 5.77. The first-order valence-corrected chi connectivity index (χ1v) is 11.5. The number of hydrogen-bond donors (Lipinski definition) is 1. The van der Waals surface area contributed by atoms with E-state index in [0.717, 1.165) is 28.7 Å². The van der Waals surface area contributed by atoms with Crippen molar-refractivity contribution in [3.63, 3.8) is 0 Å². The van der Waals surface area contributed by atoms with Crippen molar-refractivity contribution < 1.29 is 9.68 Å². The molecule has 1 atom stereocenters. The lowest BCUT2D eigenvalue weighted by Gasteiger charge is -2.29. The summed E-state index contributed by atoms with van der Waals surface area (Å²) in [6, 6.07) is 27.1. The van der Waals surface area contributed by atoms with Crippen LogP contribution < -0.4 is 4.90 Å². The molecule has 4 heteroatoms. The van der Waals surface area contributed by atoms with Crippen LogP contribution in [0.5, 0.6) is 0 Å². The maximum Gasteiger partial charge on any atom is 0.275 e. The van der Waals surface area contributed by atoms with Crippen molar-refractivity contribution in [3.8, 4) is 11.1 Å². The molecule has 0 amide bonds. The molecule has 0 saturated carbocycles. The monoisotopic (exact) mass is 461 g/mol. The van der Waals surface area contributed by atoms with Crippen LogP contribution in [-0.2, 0) is 5.72 Å². The molecule has 0 unspecified atom stereocenters. The van der Waals surface area contributed by atoms with E-state index in [9.17, 15) is 5.11 Å². The van der Waals surface area contributed by atoms with Gasteiger partial charge >= 0.3 is 0 Å². The van der Waals surface area contributed by atoms with E-state index in [1.54, 1.807) is 0 Å². The van der Waals surface area contributed by atoms with Gasteiger partial charge in [-0.25, -0.2) is 0 Å². The number of benzene rings is 3. The third-order valence-electron chi connectivity index (χ3n) is 6.27. The second kappa shape index (κ2) is 8.01. The Labute approximate surface area is 186 Å². The van der Waals surface area contributed by atoms with Crippen molar-refractivity contribution in [2.45, 2.75) is 31.4 Å². The first kappa shape index (κ1) is 19.5. The van der Waals surface area contributed by atoms with Gasteiger partial charge in [0.05, 0.1) is 6.54 Å². The van der Waals surface area contributed by atoms with Gasteiger partial charge in [0.25, 0.3) is 11.6 Å². The highest BCUT2D eigenvalue weighted by Crippen LogP contribution is 2.38. The van der Waals surface area contributed by atoms with Gasteiger partial charge in [-0.15, -0.1) is 0 Å². The average molecular weight is 462 g/mol. The van der Waals surface area contributed by atoms with E-state index in [2.05, 4.69) is 86.1 Å². The van der Waals surface area contributed by atoms with E-state index in [1.165, 1.54) is 36.2 Å². The number of halogens is 1. The van der Waals surface area contributed by atoms with E-state index in [1.807, 2.05) is 18.2 Å². The fraction of sp³-hybridized carbons (Fsp3) is 0.269. The zero-order chi connectivity index (χ0) is 20.6. The number of rotatable bonds is 3. The summed E-state index contributed by atoms with van der Waals surface area (Å²) >= 11 is 3.54. The Hall–Kier alpha value is -2.43. The molecular formula is C26H26BrN2O+. The minimum atomic E-state index is -1.07. The molecule has 3 aromatic rings. The number of aliphatic hydroxyl groups is 1. The van der Waals surface area contributed by atoms with Gasteiger partial charge in [-0.05, 0) is 54.7 Å². The first-order chi connectivity index (χ1) is 14.6. The second-order valence-electron chi connectivity index (χ2n) is 8.22. The van der Waals surface area contributed by atoms with Crippen LogP contribution in [0.3, 0.4) is 0 Å². The van der Waals surface area contributed by atoms with Gasteiger partial charge < -0.3 is 5.11 Å². The molecule has 0 aliphatic carbocycles. The maximum absolute atomic E-state index is 12.1. The van der Waals surface area contributed by atoms with Crippen LogP contribution in [0.2, 0.25) is 0 Å². The molecular weight excluding hydrogens is 436 g/mol. The third-order valence-corrected chi connectivity index (χ3v) is 6.80. The molecule has 0 aromatic heterocycles. The van der Waals surface area contributed by atoms with Gasteiger partial charge in [-0.3, -0.25) is 4.58 Å². The van der Waals surface area contributed by atoms with Crippen LogP contribution in [0.4, 0.5) is 5.69 Å². The summed E-state index contributed by atoms with van der Waals surface area (Å²) in [6.07, 6.45) is 4.60. The molecule has 152 valence electrons. The summed E-state index contributed by atoms with van der Waals surface area (Å²) in [7, 11) is 0. The quantitative estimate of drug-likeness (QED) is 0.501. The molecule has 2 aliphatic rings. The summed E-state index contributed by atoms with van der Waals surface area (Å²) in [4.78, 5) is 2.17. The van der Waals surface area contributed by atoms with Crippen LogP contribution >= 0.6 is 15.9 Å². The van der Waals surface area contributed by atoms with Crippen molar-refractivity contribution in [1.29, 1.82) is 0 Å². The molecule has 0 spiro atoms. The Kier molecular flexibility index (Phi) is 5.21. The molecule has 5 rings (SSSR count). The Morgan fingerprint density at radius 2 is 1.50 bits per heavy atom. The molecule has 0 saturated heterocycles. The average Bonchev–Trinajstić information content (AvgIpc) is 2.91. The lowest BCUT2D eigenvalue weighted by Crippen LogP contribution is -2.47. The molecule has 0 bridgehead atoms. The van der Waals surface area contributed by atoms with Crippen LogP contribution in [-0.4, -0.2) is 28.6 Å². The fourth-order valence-corrected chi connectivity index (χ4v) is 5.02. The minimum Gasteiger partial charge on any atom is -0.346 e. The molecule has 2 aliphatic heterocycles. The molecule has 0 radical (unpaired) electrons. The fourth-order valence-electron chi connectivity index (χ4n) is 4.76. The van der Waals surface area contributed by atoms with E-state index in [0.29, 0.717) is 6.54 Å².